The molecule has 1 aliphatic rings. The molecular formula is C27H28F4N4O4. The monoisotopic (exact) mass is 548 g/mol. The zero-order valence-electron chi connectivity index (χ0n) is 20.8. The van der Waals surface area contributed by atoms with Crippen molar-refractivity contribution in [2.75, 3.05) is 0 Å². The van der Waals surface area contributed by atoms with Gasteiger partial charge in [-0.1, -0.05) is 12.1 Å². The average Bonchev–Trinajstić information content (AvgIpc) is 2.87. The summed E-state index contributed by atoms with van der Waals surface area (Å²) in [6, 6.07) is 8.17. The molecule has 8 nitrogen and oxygen atoms in total. The second kappa shape index (κ2) is 11.2. The van der Waals surface area contributed by atoms with Crippen LogP contribution in [0.2, 0.25) is 0 Å². The van der Waals surface area contributed by atoms with Crippen LogP contribution >= 0.6 is 0 Å². The first-order chi connectivity index (χ1) is 18.4. The highest BCUT2D eigenvalue weighted by Crippen LogP contribution is 2.42. The van der Waals surface area contributed by atoms with Crippen LogP contribution in [0, 0.1) is 17.6 Å². The number of primary amides is 1. The highest BCUT2D eigenvalue weighted by Gasteiger charge is 2.49. The summed E-state index contributed by atoms with van der Waals surface area (Å²) in [6.45, 7) is 0. The van der Waals surface area contributed by atoms with Gasteiger partial charge >= 0.3 is 0 Å². The number of halogens is 4. The Bertz CT molecular complexity index is 1340. The smallest absolute Gasteiger partial charge is 0.271 e. The number of para-hydroxylation sites is 2. The van der Waals surface area contributed by atoms with Crippen LogP contribution in [0.3, 0.4) is 0 Å². The van der Waals surface area contributed by atoms with Crippen molar-refractivity contribution in [1.82, 2.24) is 15.3 Å². The lowest BCUT2D eigenvalue weighted by atomic mass is 9.72. The number of carbonyl (C=O) groups excluding carboxylic acids is 2. The maximum Gasteiger partial charge on any atom is 0.271 e. The van der Waals surface area contributed by atoms with Gasteiger partial charge in [0.15, 0.2) is 0 Å². The first-order valence-electron chi connectivity index (χ1n) is 12.4. The number of benzene rings is 2. The molecular weight excluding hydrogens is 520 g/mol. The minimum Gasteiger partial charge on any atom is -0.391 e. The molecule has 4 rings (SSSR count). The molecule has 2 amide bonds. The summed E-state index contributed by atoms with van der Waals surface area (Å²) in [6.07, 6.45) is -3.01. The summed E-state index contributed by atoms with van der Waals surface area (Å²) < 4.78 is 55.1. The van der Waals surface area contributed by atoms with E-state index >= 15 is 0 Å². The molecule has 1 aromatic heterocycles. The summed E-state index contributed by atoms with van der Waals surface area (Å²) in [5, 5.41) is 24.9. The Morgan fingerprint density at radius 3 is 2.33 bits per heavy atom. The van der Waals surface area contributed by atoms with Crippen LogP contribution in [0.25, 0.3) is 11.0 Å². The number of nitrogens with two attached hydrogens (primary N) is 1. The Balaban J connectivity index is 1.60. The van der Waals surface area contributed by atoms with E-state index in [1.807, 2.05) is 0 Å². The maximum absolute atomic E-state index is 13.9. The van der Waals surface area contributed by atoms with Crippen molar-refractivity contribution < 1.29 is 37.4 Å². The van der Waals surface area contributed by atoms with Gasteiger partial charge in [0.2, 0.25) is 11.8 Å². The fourth-order valence-electron chi connectivity index (χ4n) is 5.02. The van der Waals surface area contributed by atoms with Crippen LogP contribution < -0.4 is 11.1 Å². The van der Waals surface area contributed by atoms with Gasteiger partial charge in [0.1, 0.15) is 22.9 Å². The molecule has 3 aromatic rings. The number of aliphatic hydroxyl groups is 2. The average molecular weight is 549 g/mol. The number of hydrogen-bond acceptors (Lipinski definition) is 6. The summed E-state index contributed by atoms with van der Waals surface area (Å²) >= 11 is 0. The molecule has 3 unspecified atom stereocenters. The highest BCUT2D eigenvalue weighted by atomic mass is 19.3. The first-order valence-corrected chi connectivity index (χ1v) is 12.4. The van der Waals surface area contributed by atoms with Gasteiger partial charge in [-0.25, -0.2) is 22.5 Å². The predicted octanol–water partition coefficient (Wildman–Crippen LogP) is 3.04. The quantitative estimate of drug-likeness (QED) is 0.303. The number of nitrogens with zero attached hydrogens (tertiary/aromatic N) is 2. The zero-order valence-corrected chi connectivity index (χ0v) is 20.8. The number of alkyl halides is 2. The van der Waals surface area contributed by atoms with Crippen LogP contribution in [-0.4, -0.2) is 55.7 Å². The first kappa shape index (κ1) is 28.4. The molecule has 1 fully saturated rings. The molecule has 3 atom stereocenters. The van der Waals surface area contributed by atoms with E-state index in [0.29, 0.717) is 17.1 Å². The molecule has 0 bridgehead atoms. The Hall–Kier alpha value is -3.64. The highest BCUT2D eigenvalue weighted by molar-refractivity contribution is 5.94. The van der Waals surface area contributed by atoms with Gasteiger partial charge in [-0.15, -0.1) is 0 Å². The van der Waals surface area contributed by atoms with E-state index in [2.05, 4.69) is 15.3 Å². The van der Waals surface area contributed by atoms with Crippen LogP contribution in [0.5, 0.6) is 0 Å². The van der Waals surface area contributed by atoms with E-state index in [0.717, 1.165) is 12.1 Å². The van der Waals surface area contributed by atoms with Crippen molar-refractivity contribution in [2.45, 2.75) is 62.2 Å². The Morgan fingerprint density at radius 2 is 1.72 bits per heavy atom. The van der Waals surface area contributed by atoms with Crippen molar-refractivity contribution in [3.63, 3.8) is 0 Å². The topological polar surface area (TPSA) is 138 Å². The van der Waals surface area contributed by atoms with Gasteiger partial charge in [-0.3, -0.25) is 14.6 Å². The van der Waals surface area contributed by atoms with E-state index in [-0.39, 0.29) is 30.5 Å². The Morgan fingerprint density at radius 1 is 1.10 bits per heavy atom. The Kier molecular flexibility index (Phi) is 8.17. The zero-order chi connectivity index (χ0) is 28.4. The molecule has 0 aliphatic heterocycles. The summed E-state index contributed by atoms with van der Waals surface area (Å²) in [4.78, 5) is 33.8. The van der Waals surface area contributed by atoms with Gasteiger partial charge in [0, 0.05) is 25.3 Å². The maximum atomic E-state index is 13.9. The third-order valence-corrected chi connectivity index (χ3v) is 7.18. The molecule has 0 saturated heterocycles. The van der Waals surface area contributed by atoms with E-state index in [4.69, 9.17) is 5.73 Å². The van der Waals surface area contributed by atoms with Crippen molar-refractivity contribution >= 4 is 22.8 Å². The molecule has 1 saturated carbocycles. The van der Waals surface area contributed by atoms with Gasteiger partial charge in [-0.2, -0.15) is 0 Å². The predicted molar refractivity (Wildman–Crippen MR) is 133 cm³/mol. The SMILES string of the molecule is NC(=O)C(O)(CC(O)C(Cc1cc(F)cc(F)c1)NC(=O)c1cnc2ccccc2n1)C1CCC(F)(F)CC1. The van der Waals surface area contributed by atoms with E-state index in [1.165, 1.54) is 6.20 Å². The molecule has 12 heteroatoms. The number of rotatable bonds is 9. The molecule has 0 spiro atoms. The minimum absolute atomic E-state index is 0.0707. The summed E-state index contributed by atoms with van der Waals surface area (Å²) in [5.41, 5.74) is 4.01. The third kappa shape index (κ3) is 6.69. The van der Waals surface area contributed by atoms with Crippen molar-refractivity contribution in [3.8, 4) is 0 Å². The lowest BCUT2D eigenvalue weighted by Crippen LogP contribution is -2.56. The van der Waals surface area contributed by atoms with Crippen LogP contribution in [0.15, 0.2) is 48.7 Å². The molecule has 1 heterocycles. The van der Waals surface area contributed by atoms with Crippen molar-refractivity contribution in [2.24, 2.45) is 11.7 Å². The molecule has 0 radical (unpaired) electrons. The lowest BCUT2D eigenvalue weighted by molar-refractivity contribution is -0.155. The number of aliphatic hydroxyl groups excluding tert-OH is 1. The fourth-order valence-corrected chi connectivity index (χ4v) is 5.02. The molecule has 208 valence electrons. The second-order valence-electron chi connectivity index (χ2n) is 10.00. The number of aromatic nitrogens is 2. The van der Waals surface area contributed by atoms with Gasteiger partial charge in [-0.05, 0) is 55.0 Å². The molecule has 2 aromatic carbocycles. The number of amides is 2. The van der Waals surface area contributed by atoms with Gasteiger partial charge in [0.25, 0.3) is 5.91 Å². The van der Waals surface area contributed by atoms with E-state index < -0.39 is 72.3 Å². The standard InChI is InChI=1S/C27H28F4N4O4/c28-17-9-15(10-18(29)12-17)11-21(35-24(37)22-14-33-19-3-1-2-4-20(19)34-22)23(36)13-27(39,25(32)38)16-5-7-26(30,31)8-6-16/h1-4,9-10,12,14,16,21,23,36,39H,5-8,11,13H2,(H2,32,38)(H,35,37). The number of nitrogens with one attached hydrogen (secondary N) is 1. The fraction of sp³-hybridized carbons (Fsp3) is 0.407. The normalized spacial score (nSPS) is 18.7. The van der Waals surface area contributed by atoms with E-state index in [1.54, 1.807) is 24.3 Å². The summed E-state index contributed by atoms with van der Waals surface area (Å²) in [5.74, 6) is -7.66. The van der Waals surface area contributed by atoms with E-state index in [9.17, 15) is 37.4 Å². The third-order valence-electron chi connectivity index (χ3n) is 7.18. The molecule has 5 N–H and O–H groups in total. The minimum atomic E-state index is -2.94. The van der Waals surface area contributed by atoms with Crippen molar-refractivity contribution in [3.05, 3.63) is 71.6 Å². The summed E-state index contributed by atoms with van der Waals surface area (Å²) in [7, 11) is 0. The largest absolute Gasteiger partial charge is 0.391 e. The number of fused-ring (bicyclic) bond motifs is 1. The Labute approximate surface area is 221 Å². The van der Waals surface area contributed by atoms with Crippen LogP contribution in [0.4, 0.5) is 17.6 Å². The van der Waals surface area contributed by atoms with Crippen molar-refractivity contribution in [1.29, 1.82) is 0 Å². The lowest BCUT2D eigenvalue weighted by Gasteiger charge is -2.40. The van der Waals surface area contributed by atoms with Crippen LogP contribution in [-0.2, 0) is 11.2 Å². The molecule has 39 heavy (non-hydrogen) atoms. The van der Waals surface area contributed by atoms with Gasteiger partial charge in [0.05, 0.1) is 29.4 Å². The number of hydrogen-bond donors (Lipinski definition) is 4. The number of carbonyl (C=O) groups is 2. The molecule has 1 aliphatic carbocycles. The second-order valence-corrected chi connectivity index (χ2v) is 10.00. The van der Waals surface area contributed by atoms with Gasteiger partial charge < -0.3 is 21.3 Å². The van der Waals surface area contributed by atoms with Crippen LogP contribution in [0.1, 0.15) is 48.2 Å².